The van der Waals surface area contributed by atoms with Crippen LogP contribution in [0.4, 0.5) is 0 Å². The van der Waals surface area contributed by atoms with Gasteiger partial charge in [-0.3, -0.25) is 0 Å². The first kappa shape index (κ1) is 10.5. The second-order valence-electron chi connectivity index (χ2n) is 3.28. The van der Waals surface area contributed by atoms with Crippen LogP contribution < -0.4 is 9.47 Å². The van der Waals surface area contributed by atoms with Crippen molar-refractivity contribution in [3.8, 4) is 17.2 Å². The summed E-state index contributed by atoms with van der Waals surface area (Å²) in [6.07, 6.45) is 1.66. The van der Waals surface area contributed by atoms with Gasteiger partial charge >= 0.3 is 0 Å². The van der Waals surface area contributed by atoms with Crippen LogP contribution in [0.15, 0.2) is 24.5 Å². The molecule has 16 heavy (non-hydrogen) atoms. The van der Waals surface area contributed by atoms with Crippen LogP contribution in [0.5, 0.6) is 11.5 Å². The number of hydrogen-bond acceptors (Lipinski definition) is 4. The predicted molar refractivity (Wildman–Crippen MR) is 59.2 cm³/mol. The van der Waals surface area contributed by atoms with Gasteiger partial charge in [0, 0.05) is 6.07 Å². The minimum Gasteiger partial charge on any atom is -0.493 e. The summed E-state index contributed by atoms with van der Waals surface area (Å²) >= 11 is 0. The molecule has 5 nitrogen and oxygen atoms in total. The second-order valence-corrected chi connectivity index (χ2v) is 3.28. The fourth-order valence-corrected chi connectivity index (χ4v) is 1.44. The number of aryl methyl sites for hydroxylation is 1. The fraction of sp³-hybridized carbons (Fsp3) is 0.273. The lowest BCUT2D eigenvalue weighted by Gasteiger charge is -2.08. The summed E-state index contributed by atoms with van der Waals surface area (Å²) in [5, 5.41) is 4.22. The van der Waals surface area contributed by atoms with Crippen LogP contribution >= 0.6 is 0 Å². The van der Waals surface area contributed by atoms with Crippen molar-refractivity contribution in [2.24, 2.45) is 0 Å². The summed E-state index contributed by atoms with van der Waals surface area (Å²) in [6, 6.07) is 5.59. The van der Waals surface area contributed by atoms with Gasteiger partial charge in [0.15, 0.2) is 11.5 Å². The zero-order valence-electron chi connectivity index (χ0n) is 9.47. The van der Waals surface area contributed by atoms with Gasteiger partial charge in [-0.2, -0.15) is 5.10 Å². The molecule has 0 atom stereocenters. The van der Waals surface area contributed by atoms with Crippen LogP contribution in [0.3, 0.4) is 0 Å². The van der Waals surface area contributed by atoms with Crippen LogP contribution in [-0.2, 0) is 0 Å². The quantitative estimate of drug-likeness (QED) is 0.786. The minimum absolute atomic E-state index is 0.674. The Morgan fingerprint density at radius 1 is 1.12 bits per heavy atom. The van der Waals surface area contributed by atoms with Gasteiger partial charge in [-0.05, 0) is 19.1 Å². The number of aromatic nitrogens is 3. The van der Waals surface area contributed by atoms with Crippen molar-refractivity contribution < 1.29 is 9.47 Å². The molecule has 0 aliphatic rings. The van der Waals surface area contributed by atoms with Crippen LogP contribution in [0.1, 0.15) is 5.82 Å². The van der Waals surface area contributed by atoms with Crippen LogP contribution in [0.2, 0.25) is 0 Å². The molecule has 0 fully saturated rings. The lowest BCUT2D eigenvalue weighted by Crippen LogP contribution is -1.97. The van der Waals surface area contributed by atoms with Crippen molar-refractivity contribution >= 4 is 0 Å². The molecule has 84 valence electrons. The summed E-state index contributed by atoms with van der Waals surface area (Å²) in [7, 11) is 3.21. The van der Waals surface area contributed by atoms with Gasteiger partial charge in [0.2, 0.25) is 0 Å². The largest absolute Gasteiger partial charge is 0.493 e. The second kappa shape index (κ2) is 4.22. The highest BCUT2D eigenvalue weighted by molar-refractivity contribution is 5.48. The number of nitrogens with zero attached hydrogens (tertiary/aromatic N) is 3. The number of benzene rings is 1. The van der Waals surface area contributed by atoms with Gasteiger partial charge in [-0.25, -0.2) is 9.67 Å². The zero-order valence-corrected chi connectivity index (χ0v) is 9.47. The smallest absolute Gasteiger partial charge is 0.162 e. The Morgan fingerprint density at radius 3 is 2.44 bits per heavy atom. The standard InChI is InChI=1S/C11H13N3O2/c1-8-12-7-14(13-8)9-4-5-10(15-2)11(6-9)16-3/h4-7H,1-3H3. The Kier molecular flexibility index (Phi) is 2.76. The van der Waals surface area contributed by atoms with Gasteiger partial charge in [-0.1, -0.05) is 0 Å². The van der Waals surface area contributed by atoms with Crippen molar-refractivity contribution in [1.82, 2.24) is 14.8 Å². The third-order valence-electron chi connectivity index (χ3n) is 2.24. The van der Waals surface area contributed by atoms with Crippen LogP contribution in [-0.4, -0.2) is 29.0 Å². The molecule has 0 N–H and O–H groups in total. The van der Waals surface area contributed by atoms with E-state index in [1.54, 1.807) is 25.2 Å². The summed E-state index contributed by atoms with van der Waals surface area (Å²) in [6.45, 7) is 1.84. The fourth-order valence-electron chi connectivity index (χ4n) is 1.44. The van der Waals surface area contributed by atoms with E-state index in [1.807, 2.05) is 25.1 Å². The molecule has 1 aromatic heterocycles. The van der Waals surface area contributed by atoms with E-state index >= 15 is 0 Å². The molecular formula is C11H13N3O2. The Bertz CT molecular complexity index is 494. The minimum atomic E-state index is 0.674. The topological polar surface area (TPSA) is 49.2 Å². The molecular weight excluding hydrogens is 206 g/mol. The molecule has 0 aliphatic heterocycles. The first-order valence-electron chi connectivity index (χ1n) is 4.85. The van der Waals surface area contributed by atoms with Crippen molar-refractivity contribution in [1.29, 1.82) is 0 Å². The molecule has 0 saturated heterocycles. The highest BCUT2D eigenvalue weighted by Gasteiger charge is 2.06. The summed E-state index contributed by atoms with van der Waals surface area (Å²) < 4.78 is 12.1. The predicted octanol–water partition coefficient (Wildman–Crippen LogP) is 1.59. The van der Waals surface area contributed by atoms with E-state index in [0.717, 1.165) is 11.5 Å². The summed E-state index contributed by atoms with van der Waals surface area (Å²) in [5.74, 6) is 2.10. The summed E-state index contributed by atoms with van der Waals surface area (Å²) in [5.41, 5.74) is 0.887. The first-order chi connectivity index (χ1) is 7.74. The molecule has 0 aliphatic carbocycles. The van der Waals surface area contributed by atoms with Crippen LogP contribution in [0, 0.1) is 6.92 Å². The van der Waals surface area contributed by atoms with E-state index in [9.17, 15) is 0 Å². The SMILES string of the molecule is COc1ccc(-n2cnc(C)n2)cc1OC. The van der Waals surface area contributed by atoms with Gasteiger partial charge in [0.05, 0.1) is 19.9 Å². The average molecular weight is 219 g/mol. The number of hydrogen-bond donors (Lipinski definition) is 0. The molecule has 0 unspecified atom stereocenters. The molecule has 2 rings (SSSR count). The van der Waals surface area contributed by atoms with Gasteiger partial charge in [0.1, 0.15) is 12.2 Å². The van der Waals surface area contributed by atoms with E-state index in [4.69, 9.17) is 9.47 Å². The molecule has 0 amide bonds. The first-order valence-corrected chi connectivity index (χ1v) is 4.85. The maximum Gasteiger partial charge on any atom is 0.162 e. The normalized spacial score (nSPS) is 10.2. The monoisotopic (exact) mass is 219 g/mol. The molecule has 1 heterocycles. The zero-order chi connectivity index (χ0) is 11.5. The van der Waals surface area contributed by atoms with Gasteiger partial charge in [-0.15, -0.1) is 0 Å². The third kappa shape index (κ3) is 1.84. The van der Waals surface area contributed by atoms with E-state index in [0.29, 0.717) is 11.5 Å². The maximum atomic E-state index is 5.22. The van der Waals surface area contributed by atoms with Gasteiger partial charge in [0.25, 0.3) is 0 Å². The van der Waals surface area contributed by atoms with Crippen molar-refractivity contribution in [3.05, 3.63) is 30.4 Å². The highest BCUT2D eigenvalue weighted by Crippen LogP contribution is 2.28. The molecule has 0 spiro atoms. The molecule has 1 aromatic carbocycles. The molecule has 0 radical (unpaired) electrons. The van der Waals surface area contributed by atoms with E-state index in [-0.39, 0.29) is 0 Å². The number of methoxy groups -OCH3 is 2. The molecule has 0 bridgehead atoms. The Morgan fingerprint density at radius 2 is 1.88 bits per heavy atom. The third-order valence-corrected chi connectivity index (χ3v) is 2.24. The molecule has 0 saturated carbocycles. The van der Waals surface area contributed by atoms with Crippen molar-refractivity contribution in [2.75, 3.05) is 14.2 Å². The number of ether oxygens (including phenoxy) is 2. The Balaban J connectivity index is 2.43. The number of rotatable bonds is 3. The van der Waals surface area contributed by atoms with Crippen LogP contribution in [0.25, 0.3) is 5.69 Å². The molecule has 5 heteroatoms. The Labute approximate surface area is 93.6 Å². The van der Waals surface area contributed by atoms with Crippen molar-refractivity contribution in [2.45, 2.75) is 6.92 Å². The highest BCUT2D eigenvalue weighted by atomic mass is 16.5. The maximum absolute atomic E-state index is 5.22. The Hall–Kier alpha value is -2.04. The molecule has 2 aromatic rings. The summed E-state index contributed by atoms with van der Waals surface area (Å²) in [4.78, 5) is 4.07. The van der Waals surface area contributed by atoms with Crippen molar-refractivity contribution in [3.63, 3.8) is 0 Å². The van der Waals surface area contributed by atoms with E-state index < -0.39 is 0 Å². The van der Waals surface area contributed by atoms with E-state index in [2.05, 4.69) is 10.1 Å². The van der Waals surface area contributed by atoms with Gasteiger partial charge < -0.3 is 9.47 Å². The average Bonchev–Trinajstić information content (AvgIpc) is 2.75. The lowest BCUT2D eigenvalue weighted by molar-refractivity contribution is 0.354. The lowest BCUT2D eigenvalue weighted by atomic mass is 10.3. The van der Waals surface area contributed by atoms with E-state index in [1.165, 1.54) is 0 Å².